The highest BCUT2D eigenvalue weighted by Crippen LogP contribution is 2.16. The predicted octanol–water partition coefficient (Wildman–Crippen LogP) is 1.54. The Balaban J connectivity index is 1.41. The Morgan fingerprint density at radius 3 is 2.26 bits per heavy atom. The van der Waals surface area contributed by atoms with Crippen molar-refractivity contribution in [2.75, 3.05) is 31.1 Å². The second-order valence-electron chi connectivity index (χ2n) is 6.69. The van der Waals surface area contributed by atoms with Crippen molar-refractivity contribution in [3.8, 4) is 5.82 Å². The number of carbonyl (C=O) groups is 1. The van der Waals surface area contributed by atoms with Gasteiger partial charge in [0.05, 0.1) is 5.69 Å². The zero-order chi connectivity index (χ0) is 19.0. The van der Waals surface area contributed by atoms with Gasteiger partial charge in [0.2, 0.25) is 0 Å². The minimum absolute atomic E-state index is 0.0996. The van der Waals surface area contributed by atoms with Crippen LogP contribution in [0.15, 0.2) is 28.8 Å². The third kappa shape index (κ3) is 3.40. The number of amides is 1. The van der Waals surface area contributed by atoms with Crippen molar-refractivity contribution in [3.05, 3.63) is 47.1 Å². The van der Waals surface area contributed by atoms with Crippen molar-refractivity contribution in [2.24, 2.45) is 0 Å². The van der Waals surface area contributed by atoms with Crippen molar-refractivity contribution < 1.29 is 9.32 Å². The van der Waals surface area contributed by atoms with Gasteiger partial charge in [-0.25, -0.2) is 4.68 Å². The van der Waals surface area contributed by atoms with Gasteiger partial charge in [-0.1, -0.05) is 5.16 Å². The molecule has 4 rings (SSSR count). The standard InChI is InChI=1S/C18H21N7O2/c1-12-10-13(2)25(21-12)17-5-4-16(19-20-17)23-6-8-24(9-7-23)18(26)15-11-14(3)27-22-15/h4-5,10-11H,6-9H2,1-3H3. The summed E-state index contributed by atoms with van der Waals surface area (Å²) in [5.41, 5.74) is 2.32. The SMILES string of the molecule is Cc1cc(C)n(-c2ccc(N3CCN(C(=O)c4cc(C)on4)CC3)nn2)n1. The average Bonchev–Trinajstić information content (AvgIpc) is 3.26. The largest absolute Gasteiger partial charge is 0.361 e. The molecule has 27 heavy (non-hydrogen) atoms. The second kappa shape index (κ2) is 6.82. The van der Waals surface area contributed by atoms with Gasteiger partial charge in [-0.3, -0.25) is 4.79 Å². The molecule has 0 spiro atoms. The number of aromatic nitrogens is 5. The molecule has 0 radical (unpaired) electrons. The van der Waals surface area contributed by atoms with E-state index >= 15 is 0 Å². The topological polar surface area (TPSA) is 93.2 Å². The van der Waals surface area contributed by atoms with Crippen molar-refractivity contribution in [3.63, 3.8) is 0 Å². The fourth-order valence-corrected chi connectivity index (χ4v) is 3.23. The van der Waals surface area contributed by atoms with E-state index in [1.807, 2.05) is 32.0 Å². The Labute approximate surface area is 156 Å². The Morgan fingerprint density at radius 2 is 1.70 bits per heavy atom. The van der Waals surface area contributed by atoms with Crippen molar-refractivity contribution in [1.29, 1.82) is 0 Å². The molecule has 1 saturated heterocycles. The number of nitrogens with zero attached hydrogens (tertiary/aromatic N) is 7. The average molecular weight is 367 g/mol. The van der Waals surface area contributed by atoms with Gasteiger partial charge in [0.25, 0.3) is 5.91 Å². The van der Waals surface area contributed by atoms with E-state index in [-0.39, 0.29) is 5.91 Å². The summed E-state index contributed by atoms with van der Waals surface area (Å²) in [4.78, 5) is 16.3. The number of hydrogen-bond donors (Lipinski definition) is 0. The molecule has 3 aromatic heterocycles. The molecule has 0 N–H and O–H groups in total. The molecule has 140 valence electrons. The smallest absolute Gasteiger partial charge is 0.276 e. The summed E-state index contributed by atoms with van der Waals surface area (Å²) in [5.74, 6) is 2.02. The third-order valence-electron chi connectivity index (χ3n) is 4.60. The van der Waals surface area contributed by atoms with Gasteiger partial charge in [0, 0.05) is 37.9 Å². The molecule has 0 unspecified atom stereocenters. The Morgan fingerprint density at radius 1 is 1.00 bits per heavy atom. The molecule has 9 heteroatoms. The van der Waals surface area contributed by atoms with Crippen LogP contribution in [0.1, 0.15) is 27.6 Å². The quantitative estimate of drug-likeness (QED) is 0.693. The van der Waals surface area contributed by atoms with E-state index in [1.54, 1.807) is 22.6 Å². The van der Waals surface area contributed by atoms with Crippen LogP contribution in [0, 0.1) is 20.8 Å². The first-order valence-electron chi connectivity index (χ1n) is 8.86. The van der Waals surface area contributed by atoms with E-state index < -0.39 is 0 Å². The fourth-order valence-electron chi connectivity index (χ4n) is 3.23. The summed E-state index contributed by atoms with van der Waals surface area (Å²) < 4.78 is 6.77. The minimum Gasteiger partial charge on any atom is -0.361 e. The molecule has 0 aliphatic carbocycles. The highest BCUT2D eigenvalue weighted by molar-refractivity contribution is 5.92. The molecule has 0 aromatic carbocycles. The van der Waals surface area contributed by atoms with Crippen LogP contribution < -0.4 is 4.90 Å². The van der Waals surface area contributed by atoms with Gasteiger partial charge in [0.1, 0.15) is 5.76 Å². The second-order valence-corrected chi connectivity index (χ2v) is 6.69. The van der Waals surface area contributed by atoms with E-state index in [9.17, 15) is 4.79 Å². The van der Waals surface area contributed by atoms with Crippen LogP contribution in [0.25, 0.3) is 5.82 Å². The van der Waals surface area contributed by atoms with Crippen LogP contribution in [0.3, 0.4) is 0 Å². The Bertz CT molecular complexity index is 953. The van der Waals surface area contributed by atoms with E-state index in [2.05, 4.69) is 25.4 Å². The summed E-state index contributed by atoms with van der Waals surface area (Å²) >= 11 is 0. The number of carbonyl (C=O) groups excluding carboxylic acids is 1. The summed E-state index contributed by atoms with van der Waals surface area (Å²) in [5, 5.41) is 16.9. The van der Waals surface area contributed by atoms with E-state index in [0.29, 0.717) is 43.5 Å². The molecule has 1 amide bonds. The fraction of sp³-hybridized carbons (Fsp3) is 0.389. The third-order valence-corrected chi connectivity index (χ3v) is 4.60. The van der Waals surface area contributed by atoms with Crippen LogP contribution in [0.2, 0.25) is 0 Å². The highest BCUT2D eigenvalue weighted by atomic mass is 16.5. The van der Waals surface area contributed by atoms with Crippen molar-refractivity contribution in [1.82, 2.24) is 30.0 Å². The molecule has 1 fully saturated rings. The molecule has 4 heterocycles. The number of rotatable bonds is 3. The van der Waals surface area contributed by atoms with Gasteiger partial charge in [-0.05, 0) is 39.0 Å². The Kier molecular flexibility index (Phi) is 4.35. The van der Waals surface area contributed by atoms with Crippen LogP contribution in [-0.2, 0) is 0 Å². The van der Waals surface area contributed by atoms with E-state index in [4.69, 9.17) is 4.52 Å². The molecule has 3 aromatic rings. The maximum atomic E-state index is 12.4. The highest BCUT2D eigenvalue weighted by Gasteiger charge is 2.25. The van der Waals surface area contributed by atoms with Gasteiger partial charge in [0.15, 0.2) is 17.3 Å². The first-order chi connectivity index (χ1) is 13.0. The van der Waals surface area contributed by atoms with E-state index in [1.165, 1.54) is 0 Å². The zero-order valence-electron chi connectivity index (χ0n) is 15.6. The van der Waals surface area contributed by atoms with Gasteiger partial charge < -0.3 is 14.3 Å². The van der Waals surface area contributed by atoms with Crippen molar-refractivity contribution >= 4 is 11.7 Å². The lowest BCUT2D eigenvalue weighted by Gasteiger charge is -2.34. The number of piperazine rings is 1. The molecule has 0 bridgehead atoms. The van der Waals surface area contributed by atoms with Gasteiger partial charge in [-0.2, -0.15) is 5.10 Å². The van der Waals surface area contributed by atoms with Gasteiger partial charge >= 0.3 is 0 Å². The summed E-state index contributed by atoms with van der Waals surface area (Å²) in [6.45, 7) is 8.30. The first kappa shape index (κ1) is 17.2. The molecule has 0 saturated carbocycles. The summed E-state index contributed by atoms with van der Waals surface area (Å²) in [7, 11) is 0. The number of aryl methyl sites for hydroxylation is 3. The molecular formula is C18H21N7O2. The Hall–Kier alpha value is -3.23. The molecule has 0 atom stereocenters. The first-order valence-corrected chi connectivity index (χ1v) is 8.86. The normalized spacial score (nSPS) is 14.6. The van der Waals surface area contributed by atoms with Gasteiger partial charge in [-0.15, -0.1) is 10.2 Å². The lowest BCUT2D eigenvalue weighted by Crippen LogP contribution is -2.49. The predicted molar refractivity (Wildman–Crippen MR) is 98.0 cm³/mol. The number of hydrogen-bond acceptors (Lipinski definition) is 7. The summed E-state index contributed by atoms with van der Waals surface area (Å²) in [6, 6.07) is 7.52. The van der Waals surface area contributed by atoms with E-state index in [0.717, 1.165) is 17.2 Å². The van der Waals surface area contributed by atoms with Crippen LogP contribution >= 0.6 is 0 Å². The van der Waals surface area contributed by atoms with Crippen LogP contribution in [-0.4, -0.2) is 62.1 Å². The molecule has 1 aliphatic heterocycles. The zero-order valence-corrected chi connectivity index (χ0v) is 15.6. The summed E-state index contributed by atoms with van der Waals surface area (Å²) in [6.07, 6.45) is 0. The lowest BCUT2D eigenvalue weighted by atomic mass is 10.2. The number of anilines is 1. The lowest BCUT2D eigenvalue weighted by molar-refractivity contribution is 0.0736. The molecule has 1 aliphatic rings. The van der Waals surface area contributed by atoms with Crippen molar-refractivity contribution in [2.45, 2.75) is 20.8 Å². The minimum atomic E-state index is -0.0996. The maximum absolute atomic E-state index is 12.4. The van der Waals surface area contributed by atoms with Crippen LogP contribution in [0.5, 0.6) is 0 Å². The van der Waals surface area contributed by atoms with Crippen LogP contribution in [0.4, 0.5) is 5.82 Å². The monoisotopic (exact) mass is 367 g/mol. The maximum Gasteiger partial charge on any atom is 0.276 e. The molecular weight excluding hydrogens is 346 g/mol. The molecule has 9 nitrogen and oxygen atoms in total.